The summed E-state index contributed by atoms with van der Waals surface area (Å²) < 4.78 is 5.48. The summed E-state index contributed by atoms with van der Waals surface area (Å²) in [5.74, 6) is 0.541. The maximum Gasteiger partial charge on any atom is 0.211 e. The average Bonchev–Trinajstić information content (AvgIpc) is 2.77. The van der Waals surface area contributed by atoms with Crippen molar-refractivity contribution >= 4 is 33.4 Å². The zero-order valence-electron chi connectivity index (χ0n) is 9.10. The van der Waals surface area contributed by atoms with Crippen LogP contribution in [0.15, 0.2) is 44.6 Å². The van der Waals surface area contributed by atoms with Gasteiger partial charge in [0.1, 0.15) is 4.60 Å². The minimum atomic E-state index is 0.202. The van der Waals surface area contributed by atoms with E-state index in [0.717, 1.165) is 5.56 Å². The molecule has 0 amide bonds. The van der Waals surface area contributed by atoms with Gasteiger partial charge in [0.25, 0.3) is 0 Å². The summed E-state index contributed by atoms with van der Waals surface area (Å²) in [6.07, 6.45) is 0. The number of benzene rings is 1. The van der Waals surface area contributed by atoms with Crippen molar-refractivity contribution in [2.24, 2.45) is 5.16 Å². The molecule has 18 heavy (non-hydrogen) atoms. The first-order valence-corrected chi connectivity index (χ1v) is 6.19. The lowest BCUT2D eigenvalue weighted by molar-refractivity contribution is 0.313. The van der Waals surface area contributed by atoms with Crippen molar-refractivity contribution in [3.8, 4) is 0 Å². The third kappa shape index (κ3) is 3.24. The number of amidine groups is 1. The average molecular weight is 331 g/mol. The molecule has 1 aromatic heterocycles. The van der Waals surface area contributed by atoms with E-state index < -0.39 is 0 Å². The first-order valence-electron chi connectivity index (χ1n) is 5.02. The van der Waals surface area contributed by atoms with Gasteiger partial charge in [0.05, 0.1) is 0 Å². The Morgan fingerprint density at radius 2 is 2.33 bits per heavy atom. The standard InChI is InChI=1S/C11H9BrClN3O2/c12-10-5-9(18-16-10)11(15-17)14-6-7-2-1-3-8(13)4-7/h1-5,17H,6H2,(H,14,15). The highest BCUT2D eigenvalue weighted by Crippen LogP contribution is 2.12. The normalized spacial score (nSPS) is 11.6. The number of nitrogens with one attached hydrogen (secondary N) is 1. The van der Waals surface area contributed by atoms with E-state index in [1.807, 2.05) is 18.2 Å². The summed E-state index contributed by atoms with van der Waals surface area (Å²) in [6.45, 7) is 0.457. The van der Waals surface area contributed by atoms with Crippen molar-refractivity contribution in [3.63, 3.8) is 0 Å². The summed E-state index contributed by atoms with van der Waals surface area (Å²) in [5.41, 5.74) is 0.960. The molecule has 5 nitrogen and oxygen atoms in total. The Morgan fingerprint density at radius 3 is 2.94 bits per heavy atom. The van der Waals surface area contributed by atoms with Crippen LogP contribution in [0.5, 0.6) is 0 Å². The van der Waals surface area contributed by atoms with Crippen molar-refractivity contribution in [2.45, 2.75) is 6.54 Å². The molecule has 0 atom stereocenters. The number of rotatable bonds is 3. The van der Waals surface area contributed by atoms with E-state index in [4.69, 9.17) is 21.3 Å². The van der Waals surface area contributed by atoms with Gasteiger partial charge >= 0.3 is 0 Å². The molecular weight excluding hydrogens is 321 g/mol. The van der Waals surface area contributed by atoms with Gasteiger partial charge in [-0.1, -0.05) is 34.0 Å². The molecule has 0 aliphatic rings. The van der Waals surface area contributed by atoms with E-state index in [2.05, 4.69) is 31.6 Å². The van der Waals surface area contributed by atoms with Gasteiger partial charge in [-0.2, -0.15) is 0 Å². The van der Waals surface area contributed by atoms with Gasteiger partial charge < -0.3 is 15.0 Å². The lowest BCUT2D eigenvalue weighted by Crippen LogP contribution is -2.23. The fraction of sp³-hybridized carbons (Fsp3) is 0.0909. The zero-order chi connectivity index (χ0) is 13.0. The lowest BCUT2D eigenvalue weighted by atomic mass is 10.2. The van der Waals surface area contributed by atoms with Crippen LogP contribution in [-0.4, -0.2) is 16.2 Å². The number of nitrogens with zero attached hydrogens (tertiary/aromatic N) is 2. The van der Waals surface area contributed by atoms with Gasteiger partial charge in [-0.3, -0.25) is 0 Å². The second-order valence-corrected chi connectivity index (χ2v) is 4.69. The molecule has 0 aliphatic heterocycles. The molecule has 0 unspecified atom stereocenters. The molecule has 0 bridgehead atoms. The molecule has 0 saturated heterocycles. The third-order valence-electron chi connectivity index (χ3n) is 2.16. The minimum absolute atomic E-state index is 0.202. The monoisotopic (exact) mass is 329 g/mol. The van der Waals surface area contributed by atoms with Crippen molar-refractivity contribution in [3.05, 3.63) is 51.3 Å². The maximum atomic E-state index is 8.92. The summed E-state index contributed by atoms with van der Waals surface area (Å²) in [4.78, 5) is 0. The van der Waals surface area contributed by atoms with E-state index in [0.29, 0.717) is 21.9 Å². The number of aromatic nitrogens is 1. The van der Waals surface area contributed by atoms with Crippen LogP contribution in [0.4, 0.5) is 0 Å². The van der Waals surface area contributed by atoms with Crippen LogP contribution in [0, 0.1) is 0 Å². The van der Waals surface area contributed by atoms with Crippen LogP contribution in [0.1, 0.15) is 11.3 Å². The van der Waals surface area contributed by atoms with Crippen molar-refractivity contribution in [1.29, 1.82) is 0 Å². The first kappa shape index (κ1) is 12.9. The fourth-order valence-corrected chi connectivity index (χ4v) is 1.86. The number of hydrogen-bond acceptors (Lipinski definition) is 4. The Hall–Kier alpha value is -1.53. The summed E-state index contributed by atoms with van der Waals surface area (Å²) in [6, 6.07) is 8.96. The van der Waals surface area contributed by atoms with E-state index in [1.165, 1.54) is 0 Å². The van der Waals surface area contributed by atoms with Crippen LogP contribution in [0.2, 0.25) is 5.02 Å². The van der Waals surface area contributed by atoms with Gasteiger partial charge in [0.2, 0.25) is 11.6 Å². The van der Waals surface area contributed by atoms with Gasteiger partial charge in [0.15, 0.2) is 0 Å². The topological polar surface area (TPSA) is 70.7 Å². The summed E-state index contributed by atoms with van der Waals surface area (Å²) in [5, 5.41) is 19.3. The van der Waals surface area contributed by atoms with Gasteiger partial charge in [-0.25, -0.2) is 0 Å². The van der Waals surface area contributed by atoms with Crippen molar-refractivity contribution < 1.29 is 9.73 Å². The highest BCUT2D eigenvalue weighted by Gasteiger charge is 2.10. The SMILES string of the molecule is ON=C(NCc1cccc(Cl)c1)c1cc(Br)no1. The van der Waals surface area contributed by atoms with Crippen LogP contribution >= 0.6 is 27.5 Å². The zero-order valence-corrected chi connectivity index (χ0v) is 11.4. The number of hydrogen-bond donors (Lipinski definition) is 2. The molecule has 7 heteroatoms. The largest absolute Gasteiger partial charge is 0.409 e. The van der Waals surface area contributed by atoms with Crippen LogP contribution in [0.3, 0.4) is 0 Å². The highest BCUT2D eigenvalue weighted by molar-refractivity contribution is 9.10. The predicted molar refractivity (Wildman–Crippen MR) is 70.8 cm³/mol. The Bertz CT molecular complexity index is 571. The summed E-state index contributed by atoms with van der Waals surface area (Å²) >= 11 is 9.02. The van der Waals surface area contributed by atoms with Crippen LogP contribution in [-0.2, 0) is 6.54 Å². The smallest absolute Gasteiger partial charge is 0.211 e. The Balaban J connectivity index is 2.04. The molecule has 2 aromatic rings. The number of halogens is 2. The molecule has 0 radical (unpaired) electrons. The minimum Gasteiger partial charge on any atom is -0.409 e. The molecule has 0 spiro atoms. The van der Waals surface area contributed by atoms with E-state index >= 15 is 0 Å². The molecule has 94 valence electrons. The second-order valence-electron chi connectivity index (χ2n) is 3.45. The quantitative estimate of drug-likeness (QED) is 0.393. The first-order chi connectivity index (χ1) is 8.69. The molecule has 0 aliphatic carbocycles. The van der Waals surface area contributed by atoms with Crippen LogP contribution < -0.4 is 5.32 Å². The molecule has 0 fully saturated rings. The Morgan fingerprint density at radius 1 is 1.50 bits per heavy atom. The molecular formula is C11H9BrClN3O2. The van der Waals surface area contributed by atoms with Crippen molar-refractivity contribution in [1.82, 2.24) is 10.5 Å². The third-order valence-corrected chi connectivity index (χ3v) is 2.77. The van der Waals surface area contributed by atoms with Gasteiger partial charge in [-0.05, 0) is 33.6 Å². The Labute approximate surface area is 117 Å². The molecule has 1 aromatic carbocycles. The highest BCUT2D eigenvalue weighted by atomic mass is 79.9. The Kier molecular flexibility index (Phi) is 4.22. The maximum absolute atomic E-state index is 8.92. The van der Waals surface area contributed by atoms with Gasteiger partial charge in [-0.15, -0.1) is 0 Å². The van der Waals surface area contributed by atoms with Gasteiger partial charge in [0, 0.05) is 17.6 Å². The molecule has 2 rings (SSSR count). The van der Waals surface area contributed by atoms with Crippen LogP contribution in [0.25, 0.3) is 0 Å². The fourth-order valence-electron chi connectivity index (χ4n) is 1.37. The van der Waals surface area contributed by atoms with E-state index in [1.54, 1.807) is 12.1 Å². The predicted octanol–water partition coefficient (Wildman–Crippen LogP) is 3.02. The van der Waals surface area contributed by atoms with E-state index in [9.17, 15) is 0 Å². The molecule has 0 saturated carbocycles. The number of oxime groups is 1. The van der Waals surface area contributed by atoms with Crippen molar-refractivity contribution in [2.75, 3.05) is 0 Å². The molecule has 2 N–H and O–H groups in total. The lowest BCUT2D eigenvalue weighted by Gasteiger charge is -2.05. The van der Waals surface area contributed by atoms with E-state index in [-0.39, 0.29) is 5.84 Å². The molecule has 1 heterocycles. The second kappa shape index (κ2) is 5.88. The summed E-state index contributed by atoms with van der Waals surface area (Å²) in [7, 11) is 0.